The first-order chi connectivity index (χ1) is 29.5. The fraction of sp³-hybridized carbons (Fsp3) is 0.712. The minimum absolute atomic E-state index is 0.0500. The Morgan fingerprint density at radius 2 is 1.00 bits per heavy atom. The van der Waals surface area contributed by atoms with Crippen molar-refractivity contribution in [2.75, 3.05) is 40.9 Å². The second-order valence-corrected chi connectivity index (χ2v) is 18.9. The quantitative estimate of drug-likeness (QED) is 0.0244. The van der Waals surface area contributed by atoms with Crippen molar-refractivity contribution in [1.82, 2.24) is 5.32 Å². The molecular formula is C52H94N2O6P+. The number of phosphoric ester groups is 1. The molecule has 61 heavy (non-hydrogen) atoms. The molecule has 0 aliphatic heterocycles. The average molecular weight is 874 g/mol. The van der Waals surface area contributed by atoms with Crippen LogP contribution in [-0.2, 0) is 18.4 Å². The first-order valence-electron chi connectivity index (χ1n) is 24.5. The molecule has 1 amide bonds. The largest absolute Gasteiger partial charge is 0.472 e. The first-order valence-corrected chi connectivity index (χ1v) is 26.0. The summed E-state index contributed by atoms with van der Waals surface area (Å²) in [5.74, 6) is -0.197. The molecule has 0 aromatic heterocycles. The second-order valence-electron chi connectivity index (χ2n) is 17.4. The summed E-state index contributed by atoms with van der Waals surface area (Å²) < 4.78 is 23.5. The third kappa shape index (κ3) is 45.5. The van der Waals surface area contributed by atoms with Crippen molar-refractivity contribution in [1.29, 1.82) is 0 Å². The van der Waals surface area contributed by atoms with Gasteiger partial charge in [-0.05, 0) is 77.0 Å². The van der Waals surface area contributed by atoms with Crippen molar-refractivity contribution in [2.45, 2.75) is 199 Å². The van der Waals surface area contributed by atoms with Crippen molar-refractivity contribution in [2.24, 2.45) is 0 Å². The highest BCUT2D eigenvalue weighted by Gasteiger charge is 2.27. The molecule has 0 spiro atoms. The van der Waals surface area contributed by atoms with E-state index in [0.717, 1.165) is 77.0 Å². The van der Waals surface area contributed by atoms with E-state index in [0.29, 0.717) is 17.4 Å². The molecule has 0 rings (SSSR count). The van der Waals surface area contributed by atoms with E-state index in [1.165, 1.54) is 89.9 Å². The molecule has 0 aliphatic carbocycles. The van der Waals surface area contributed by atoms with Crippen LogP contribution in [0.3, 0.4) is 0 Å². The summed E-state index contributed by atoms with van der Waals surface area (Å²) in [6.07, 6.45) is 59.6. The number of nitrogens with zero attached hydrogens (tertiary/aromatic N) is 1. The number of hydrogen-bond donors (Lipinski definition) is 3. The van der Waals surface area contributed by atoms with Gasteiger partial charge in [0.15, 0.2) is 0 Å². The van der Waals surface area contributed by atoms with Gasteiger partial charge in [-0.3, -0.25) is 13.8 Å². The molecular weight excluding hydrogens is 780 g/mol. The number of unbranched alkanes of at least 4 members (excludes halogenated alkanes) is 18. The molecule has 0 aliphatic rings. The normalized spacial score (nSPS) is 14.9. The molecule has 0 aromatic carbocycles. The third-order valence-electron chi connectivity index (χ3n) is 10.3. The van der Waals surface area contributed by atoms with Crippen LogP contribution >= 0.6 is 7.82 Å². The summed E-state index contributed by atoms with van der Waals surface area (Å²) in [7, 11) is 1.53. The van der Waals surface area contributed by atoms with Gasteiger partial charge in [-0.25, -0.2) is 4.57 Å². The van der Waals surface area contributed by atoms with Gasteiger partial charge < -0.3 is 19.8 Å². The van der Waals surface area contributed by atoms with E-state index in [1.807, 2.05) is 27.2 Å². The molecule has 0 radical (unpaired) electrons. The number of hydrogen-bond acceptors (Lipinski definition) is 5. The van der Waals surface area contributed by atoms with E-state index in [-0.39, 0.29) is 19.1 Å². The number of amides is 1. The molecule has 3 atom stereocenters. The van der Waals surface area contributed by atoms with Crippen molar-refractivity contribution in [3.05, 3.63) is 85.1 Å². The zero-order chi connectivity index (χ0) is 45.0. The minimum Gasteiger partial charge on any atom is -0.387 e. The Labute approximate surface area is 376 Å². The number of carbonyl (C=O) groups is 1. The smallest absolute Gasteiger partial charge is 0.387 e. The Morgan fingerprint density at radius 3 is 1.51 bits per heavy atom. The van der Waals surface area contributed by atoms with Gasteiger partial charge in [-0.1, -0.05) is 189 Å². The highest BCUT2D eigenvalue weighted by molar-refractivity contribution is 7.47. The monoisotopic (exact) mass is 874 g/mol. The molecule has 8 nitrogen and oxygen atoms in total. The molecule has 352 valence electrons. The van der Waals surface area contributed by atoms with Gasteiger partial charge in [0.2, 0.25) is 5.91 Å². The van der Waals surface area contributed by atoms with Crippen LogP contribution in [0.4, 0.5) is 0 Å². The van der Waals surface area contributed by atoms with Crippen LogP contribution in [0, 0.1) is 0 Å². The SMILES string of the molecule is CC/C=C\C/C=C\C/C=C\C/C=C\CCCCCCCCCCCCCCCCC(=O)NC(COP(=O)(O)OCC[N+](C)(C)C)C(O)/C=C/CC/C=C/CC/C=C/CCCC. The van der Waals surface area contributed by atoms with Gasteiger partial charge in [0, 0.05) is 6.42 Å². The zero-order valence-electron chi connectivity index (χ0n) is 39.9. The fourth-order valence-corrected chi connectivity index (χ4v) is 7.20. The van der Waals surface area contributed by atoms with E-state index in [9.17, 15) is 19.4 Å². The molecule has 0 heterocycles. The molecule has 9 heteroatoms. The molecule has 0 saturated carbocycles. The standard InChI is InChI=1S/C52H93N2O6P/c1-6-8-10-12-14-16-18-20-21-22-23-24-25-26-27-28-29-30-31-32-33-34-36-38-40-42-44-46-52(56)53-50(49-60-61(57,58)59-48-47-54(3,4)5)51(55)45-43-41-39-37-35-19-17-15-13-11-9-7-2/h8,10,13-16,20-21,23-24,35,37,43,45,50-51,55H,6-7,9,11-12,17-19,22,25-34,36,38-42,44,46-49H2,1-5H3,(H-,53,56,57,58)/p+1/b10-8-,15-13+,16-14-,21-20-,24-23-,37-35+,45-43+. The van der Waals surface area contributed by atoms with E-state index in [2.05, 4.69) is 92.1 Å². The maximum atomic E-state index is 12.9. The Kier molecular flexibility index (Phi) is 41.3. The number of quaternary nitrogens is 1. The third-order valence-corrected chi connectivity index (χ3v) is 11.3. The lowest BCUT2D eigenvalue weighted by molar-refractivity contribution is -0.870. The number of likely N-dealkylation sites (N-methyl/N-ethyl adjacent to an activating group) is 1. The molecule has 0 bridgehead atoms. The number of carbonyl (C=O) groups excluding carboxylic acids is 1. The van der Waals surface area contributed by atoms with Crippen molar-refractivity contribution < 1.29 is 32.9 Å². The predicted octanol–water partition coefficient (Wildman–Crippen LogP) is 14.1. The number of nitrogens with one attached hydrogen (secondary N) is 1. The van der Waals surface area contributed by atoms with Crippen molar-refractivity contribution in [3.63, 3.8) is 0 Å². The Morgan fingerprint density at radius 1 is 0.574 bits per heavy atom. The molecule has 3 unspecified atom stereocenters. The number of rotatable bonds is 43. The molecule has 0 aromatic rings. The summed E-state index contributed by atoms with van der Waals surface area (Å²) in [6.45, 7) is 4.61. The lowest BCUT2D eigenvalue weighted by atomic mass is 10.0. The maximum absolute atomic E-state index is 12.9. The maximum Gasteiger partial charge on any atom is 0.472 e. The van der Waals surface area contributed by atoms with Gasteiger partial charge in [-0.2, -0.15) is 0 Å². The van der Waals surface area contributed by atoms with Crippen LogP contribution in [0.2, 0.25) is 0 Å². The number of allylic oxidation sites excluding steroid dienone is 13. The van der Waals surface area contributed by atoms with E-state index in [4.69, 9.17) is 9.05 Å². The predicted molar refractivity (Wildman–Crippen MR) is 263 cm³/mol. The fourth-order valence-electron chi connectivity index (χ4n) is 6.46. The summed E-state index contributed by atoms with van der Waals surface area (Å²) >= 11 is 0. The topological polar surface area (TPSA) is 105 Å². The van der Waals surface area contributed by atoms with Gasteiger partial charge in [0.25, 0.3) is 0 Å². The van der Waals surface area contributed by atoms with Crippen LogP contribution in [0.15, 0.2) is 85.1 Å². The van der Waals surface area contributed by atoms with E-state index >= 15 is 0 Å². The highest BCUT2D eigenvalue weighted by Crippen LogP contribution is 2.43. The number of aliphatic hydroxyl groups is 1. The first kappa shape index (κ1) is 58.7. The van der Waals surface area contributed by atoms with Crippen LogP contribution in [0.5, 0.6) is 0 Å². The highest BCUT2D eigenvalue weighted by atomic mass is 31.2. The minimum atomic E-state index is -4.35. The second kappa shape index (κ2) is 43.0. The summed E-state index contributed by atoms with van der Waals surface area (Å²) in [5.41, 5.74) is 0. The average Bonchev–Trinajstić information content (AvgIpc) is 3.21. The Hall–Kier alpha value is -2.32. The van der Waals surface area contributed by atoms with Gasteiger partial charge in [0.05, 0.1) is 39.9 Å². The lowest BCUT2D eigenvalue weighted by Gasteiger charge is -2.25. The Balaban J connectivity index is 4.22. The lowest BCUT2D eigenvalue weighted by Crippen LogP contribution is -2.45. The van der Waals surface area contributed by atoms with Gasteiger partial charge >= 0.3 is 7.82 Å². The van der Waals surface area contributed by atoms with Gasteiger partial charge in [-0.15, -0.1) is 0 Å². The van der Waals surface area contributed by atoms with Crippen LogP contribution < -0.4 is 5.32 Å². The van der Waals surface area contributed by atoms with Crippen LogP contribution in [-0.4, -0.2) is 73.4 Å². The summed E-state index contributed by atoms with van der Waals surface area (Å²) in [4.78, 5) is 23.1. The van der Waals surface area contributed by atoms with Crippen LogP contribution in [0.1, 0.15) is 187 Å². The van der Waals surface area contributed by atoms with E-state index in [1.54, 1.807) is 6.08 Å². The Bertz CT molecular complexity index is 1260. The molecule has 0 saturated heterocycles. The van der Waals surface area contributed by atoms with Crippen molar-refractivity contribution in [3.8, 4) is 0 Å². The van der Waals surface area contributed by atoms with Gasteiger partial charge in [0.1, 0.15) is 13.2 Å². The summed E-state index contributed by atoms with van der Waals surface area (Å²) in [5, 5.41) is 13.8. The zero-order valence-corrected chi connectivity index (χ0v) is 40.8. The number of aliphatic hydroxyl groups excluding tert-OH is 1. The summed E-state index contributed by atoms with van der Waals surface area (Å²) in [6, 6.07) is -0.872. The molecule has 3 N–H and O–H groups in total. The van der Waals surface area contributed by atoms with Crippen LogP contribution in [0.25, 0.3) is 0 Å². The number of phosphoric acid groups is 1. The molecule has 0 fully saturated rings. The van der Waals surface area contributed by atoms with Crippen molar-refractivity contribution >= 4 is 13.7 Å². The van der Waals surface area contributed by atoms with E-state index < -0.39 is 20.0 Å².